The molecule has 7 N–H and O–H groups in total. The molecule has 0 unspecified atom stereocenters. The highest BCUT2D eigenvalue weighted by Gasteiger charge is 2.31. The molecule has 0 atom stereocenters. The molecule has 6 aromatic carbocycles. The minimum atomic E-state index is -4.43. The summed E-state index contributed by atoms with van der Waals surface area (Å²) in [5, 5.41) is 24.1. The molecular weight excluding hydrogens is 1060 g/mol. The zero-order chi connectivity index (χ0) is 51.1. The van der Waals surface area contributed by atoms with Gasteiger partial charge in [-0.25, -0.2) is 4.99 Å². The number of hydrogen-bond acceptors (Lipinski definition) is 9. The first kappa shape index (κ1) is 59.7. The second kappa shape index (κ2) is 29.5. The van der Waals surface area contributed by atoms with Gasteiger partial charge in [0.2, 0.25) is 5.13 Å². The number of hydrogen-bond donors (Lipinski definition) is 5. The van der Waals surface area contributed by atoms with Gasteiger partial charge in [0.1, 0.15) is 11.7 Å². The molecule has 0 saturated heterocycles. The molecule has 0 aliphatic heterocycles. The second-order valence-corrected chi connectivity index (χ2v) is 16.0. The molecule has 7 aromatic rings. The summed E-state index contributed by atoms with van der Waals surface area (Å²) in [6.45, 7) is 3.45. The molecule has 70 heavy (non-hydrogen) atoms. The average molecular weight is 1090 g/mol. The Morgan fingerprint density at radius 2 is 1.23 bits per heavy atom. The van der Waals surface area contributed by atoms with Gasteiger partial charge in [0, 0.05) is 61.6 Å². The number of nitriles is 1. The van der Waals surface area contributed by atoms with Gasteiger partial charge >= 0.3 is 12.4 Å². The van der Waals surface area contributed by atoms with E-state index in [0.29, 0.717) is 42.8 Å². The van der Waals surface area contributed by atoms with Gasteiger partial charge in [0.25, 0.3) is 0 Å². The summed E-state index contributed by atoms with van der Waals surface area (Å²) in [5.41, 5.74) is 14.0. The molecular formula is C47H38Cl4F6N10S3. The Labute approximate surface area is 435 Å². The summed E-state index contributed by atoms with van der Waals surface area (Å²) in [5.74, 6) is 0.617. The number of halogens is 10. The van der Waals surface area contributed by atoms with Crippen LogP contribution in [-0.2, 0) is 12.4 Å². The molecule has 7 rings (SSSR count). The zero-order valence-corrected chi connectivity index (χ0v) is 41.8. The molecule has 1 aromatic heterocycles. The molecule has 1 heterocycles. The number of aliphatic imine (C=N–C) groups is 2. The molecule has 0 fully saturated rings. The van der Waals surface area contributed by atoms with E-state index in [1.165, 1.54) is 36.8 Å². The fraction of sp³-hybridized carbons (Fsp3) is 0.0851. The summed E-state index contributed by atoms with van der Waals surface area (Å²) in [6, 6.07) is 39.7. The monoisotopic (exact) mass is 1090 g/mol. The number of alkyl halides is 6. The van der Waals surface area contributed by atoms with E-state index in [1.807, 2.05) is 37.3 Å². The van der Waals surface area contributed by atoms with Crippen molar-refractivity contribution in [3.63, 3.8) is 0 Å². The van der Waals surface area contributed by atoms with Crippen LogP contribution in [0.25, 0.3) is 11.4 Å². The number of nitrogen functional groups attached to an aromatic ring is 1. The van der Waals surface area contributed by atoms with Crippen LogP contribution in [0.1, 0.15) is 34.7 Å². The van der Waals surface area contributed by atoms with Crippen molar-refractivity contribution in [2.45, 2.75) is 26.2 Å². The van der Waals surface area contributed by atoms with Gasteiger partial charge in [-0.3, -0.25) is 5.41 Å². The summed E-state index contributed by atoms with van der Waals surface area (Å²) < 4.78 is 80.3. The SMILES string of the molecule is CC#N.Cc1cccc(N=C=S)c1.Cl.FC(F)(F)c1cccc(Nc2nc(-c3cccc(Cl)c3)ns2)c1.N=C(N)c1cccc(Cl)c1.NC(=NC(=S)Nc1cccc(C(F)(F)F)c1)c1cccc(Cl)c1. The van der Waals surface area contributed by atoms with E-state index >= 15 is 0 Å². The van der Waals surface area contributed by atoms with Crippen LogP contribution in [0.4, 0.5) is 48.5 Å². The molecule has 0 aliphatic rings. The molecule has 0 aliphatic carbocycles. The van der Waals surface area contributed by atoms with Gasteiger partial charge in [-0.05, 0) is 122 Å². The van der Waals surface area contributed by atoms with Crippen LogP contribution in [0.2, 0.25) is 15.1 Å². The first-order chi connectivity index (χ1) is 32.6. The van der Waals surface area contributed by atoms with Crippen LogP contribution >= 0.6 is 83.2 Å². The van der Waals surface area contributed by atoms with Crippen molar-refractivity contribution >= 4 is 127 Å². The Kier molecular flexibility index (Phi) is 25.2. The number of benzene rings is 6. The number of aryl methyl sites for hydroxylation is 1. The maximum Gasteiger partial charge on any atom is 0.416 e. The fourth-order valence-electron chi connectivity index (χ4n) is 5.07. The van der Waals surface area contributed by atoms with Gasteiger partial charge < -0.3 is 22.1 Å². The van der Waals surface area contributed by atoms with Crippen molar-refractivity contribution in [2.24, 2.45) is 21.5 Å². The second-order valence-electron chi connectivity index (χ2n) is 13.3. The Balaban J connectivity index is 0.000000333. The van der Waals surface area contributed by atoms with Crippen LogP contribution < -0.4 is 22.1 Å². The highest BCUT2D eigenvalue weighted by atomic mass is 35.5. The number of aromatic nitrogens is 2. The molecule has 0 radical (unpaired) electrons. The first-order valence-electron chi connectivity index (χ1n) is 19.3. The largest absolute Gasteiger partial charge is 0.416 e. The van der Waals surface area contributed by atoms with Crippen LogP contribution in [0.5, 0.6) is 0 Å². The lowest BCUT2D eigenvalue weighted by Crippen LogP contribution is -2.18. The maximum atomic E-state index is 12.7. The number of nitrogens with one attached hydrogen (secondary N) is 3. The standard InChI is InChI=1S/C15H9ClF3N3S.C15H11ClF3N3S.C8H7NS.C7H7ClN2.C2H3N.ClH/c16-11-5-1-3-9(7-11)13-21-14(23-22-13)20-12-6-2-4-10(8-12)15(17,18)19;16-11-5-1-3-9(7-11)13(20)22-14(23)21-12-6-2-4-10(8-12)15(17,18)19;1-7-3-2-4-8(5-7)9-6-10;8-6-3-1-2-5(4-6)7(9)10;1-2-3;/h1-8H,(H,20,21,22);1-8H,(H3,20,21,22,23);2-5H,1H3;1-4H,(H3,9,10);1H3;1H. The number of rotatable bonds is 7. The van der Waals surface area contributed by atoms with E-state index in [2.05, 4.69) is 47.4 Å². The van der Waals surface area contributed by atoms with Gasteiger partial charge in [0.15, 0.2) is 10.9 Å². The number of thiocarbonyl (C=S) groups is 2. The summed E-state index contributed by atoms with van der Waals surface area (Å²) in [7, 11) is 0. The Morgan fingerprint density at radius 1 is 0.729 bits per heavy atom. The van der Waals surface area contributed by atoms with Crippen LogP contribution in [-0.4, -0.2) is 31.3 Å². The van der Waals surface area contributed by atoms with Gasteiger partial charge in [0.05, 0.1) is 28.0 Å². The highest BCUT2D eigenvalue weighted by molar-refractivity contribution is 7.80. The van der Waals surface area contributed by atoms with Crippen LogP contribution in [0.15, 0.2) is 156 Å². The predicted octanol–water partition coefficient (Wildman–Crippen LogP) is 15.4. The van der Waals surface area contributed by atoms with Crippen LogP contribution in [0, 0.1) is 23.7 Å². The summed E-state index contributed by atoms with van der Waals surface area (Å²) in [4.78, 5) is 12.0. The lowest BCUT2D eigenvalue weighted by Gasteiger charge is -2.10. The zero-order valence-electron chi connectivity index (χ0n) is 36.3. The topological polar surface area (TPSA) is 174 Å². The van der Waals surface area contributed by atoms with Crippen molar-refractivity contribution in [1.82, 2.24) is 9.36 Å². The van der Waals surface area contributed by atoms with Crippen molar-refractivity contribution < 1.29 is 26.3 Å². The lowest BCUT2D eigenvalue weighted by atomic mass is 10.2. The smallest absolute Gasteiger partial charge is 0.384 e. The third kappa shape index (κ3) is 21.9. The van der Waals surface area contributed by atoms with E-state index in [4.69, 9.17) is 69.2 Å². The number of anilines is 3. The minimum absolute atomic E-state index is 0. The maximum absolute atomic E-state index is 12.7. The van der Waals surface area contributed by atoms with Gasteiger partial charge in [-0.2, -0.15) is 46.0 Å². The van der Waals surface area contributed by atoms with Crippen molar-refractivity contribution in [2.75, 3.05) is 10.6 Å². The number of isothiocyanates is 1. The number of nitrogens with zero attached hydrogens (tertiary/aromatic N) is 5. The Bertz CT molecular complexity index is 2910. The van der Waals surface area contributed by atoms with E-state index < -0.39 is 23.5 Å². The molecule has 0 spiro atoms. The third-order valence-corrected chi connectivity index (χ3v) is 9.67. The quantitative estimate of drug-likeness (QED) is 0.0450. The van der Waals surface area contributed by atoms with Crippen LogP contribution in [0.3, 0.4) is 0 Å². The van der Waals surface area contributed by atoms with E-state index in [1.54, 1.807) is 72.8 Å². The van der Waals surface area contributed by atoms with Crippen molar-refractivity contribution in [1.29, 1.82) is 10.7 Å². The molecule has 0 bridgehead atoms. The molecule has 23 heteroatoms. The summed E-state index contributed by atoms with van der Waals surface area (Å²) >= 11 is 27.9. The highest BCUT2D eigenvalue weighted by Crippen LogP contribution is 2.33. The van der Waals surface area contributed by atoms with Crippen molar-refractivity contribution in [3.8, 4) is 17.5 Å². The minimum Gasteiger partial charge on any atom is -0.384 e. The third-order valence-electron chi connectivity index (χ3n) is 8.05. The van der Waals surface area contributed by atoms with Gasteiger partial charge in [-0.15, -0.1) is 12.4 Å². The molecule has 364 valence electrons. The average Bonchev–Trinajstić information content (AvgIpc) is 3.75. The first-order valence-corrected chi connectivity index (χ1v) is 22.0. The van der Waals surface area contributed by atoms with E-state index in [0.717, 1.165) is 47.0 Å². The van der Waals surface area contributed by atoms with Crippen molar-refractivity contribution in [3.05, 3.63) is 188 Å². The van der Waals surface area contributed by atoms with E-state index in [-0.39, 0.29) is 34.9 Å². The lowest BCUT2D eigenvalue weighted by molar-refractivity contribution is -0.138. The van der Waals surface area contributed by atoms with E-state index in [9.17, 15) is 26.3 Å². The normalized spacial score (nSPS) is 10.4. The number of amidine groups is 2. The molecule has 0 amide bonds. The predicted molar refractivity (Wildman–Crippen MR) is 282 cm³/mol. The fourth-order valence-corrected chi connectivity index (χ4v) is 6.57. The summed E-state index contributed by atoms with van der Waals surface area (Å²) in [6.07, 6.45) is -8.81. The molecule has 0 saturated carbocycles. The molecule has 10 nitrogen and oxygen atoms in total. The Morgan fingerprint density at radius 3 is 1.74 bits per heavy atom. The Hall–Kier alpha value is -6.46. The number of nitrogens with two attached hydrogens (primary N) is 2. The van der Waals surface area contributed by atoms with Gasteiger partial charge in [-0.1, -0.05) is 95.5 Å².